The van der Waals surface area contributed by atoms with E-state index >= 15 is 0 Å². The van der Waals surface area contributed by atoms with Gasteiger partial charge in [-0.3, -0.25) is 9.59 Å². The van der Waals surface area contributed by atoms with Crippen LogP contribution in [0.5, 0.6) is 0 Å². The molecule has 0 aliphatic carbocycles. The Morgan fingerprint density at radius 2 is 0.449 bits per heavy atom. The number of esters is 2. The number of ether oxygens (including phenoxy) is 2. The molecule has 2 atom stereocenters. The topological polar surface area (TPSA) is 133 Å². The Labute approximate surface area is 458 Å². The van der Waals surface area contributed by atoms with Crippen LogP contribution in [0.3, 0.4) is 0 Å². The first-order valence-electron chi connectivity index (χ1n) is 30.0. The monoisotopic (exact) mass is 1000 g/mol. The Hall–Kier alpha value is -0.860. The Morgan fingerprint density at radius 1 is 0.275 bits per heavy atom. The second-order valence-corrected chi connectivity index (χ2v) is 20.6. The summed E-state index contributed by atoms with van der Waals surface area (Å²) in [6, 6.07) is 0. The van der Waals surface area contributed by atoms with Gasteiger partial charge in [0.05, 0.1) is 0 Å². The molecule has 0 aromatic rings. The van der Waals surface area contributed by atoms with Crippen LogP contribution in [0.2, 0.25) is 0 Å². The molecule has 0 spiro atoms. The summed E-state index contributed by atoms with van der Waals surface area (Å²) in [6.07, 6.45) is 55.7. The van der Waals surface area contributed by atoms with Gasteiger partial charge in [0, 0.05) is 24.8 Å². The summed E-state index contributed by atoms with van der Waals surface area (Å²) < 4.78 is 11.8. The molecular weight excluding hydrogens is 889 g/mol. The molecule has 0 bridgehead atoms. The molecule has 0 radical (unpaired) electrons. The average molecular weight is 1000 g/mol. The summed E-state index contributed by atoms with van der Waals surface area (Å²) in [7, 11) is 0. The van der Waals surface area contributed by atoms with Crippen LogP contribution in [0.4, 0.5) is 0 Å². The minimum Gasteiger partial charge on any atom is -0.550 e. The van der Waals surface area contributed by atoms with E-state index < -0.39 is 11.9 Å². The van der Waals surface area contributed by atoms with Crippen molar-refractivity contribution >= 4 is 61.6 Å². The number of carboxylic acids is 2. The Kier molecular flexibility index (Phi) is 64.5. The van der Waals surface area contributed by atoms with E-state index in [1.165, 1.54) is 154 Å². The number of rotatable bonds is 54. The van der Waals surface area contributed by atoms with Gasteiger partial charge in [0.1, 0.15) is 12.2 Å². The predicted octanol–water partition coefficient (Wildman–Crippen LogP) is 16.5. The first kappa shape index (κ1) is 72.4. The van der Waals surface area contributed by atoms with Gasteiger partial charge in [0.2, 0.25) is 0 Å². The van der Waals surface area contributed by atoms with E-state index in [1.807, 2.05) is 0 Å². The second kappa shape index (κ2) is 61.4. The summed E-state index contributed by atoms with van der Waals surface area (Å²) in [4.78, 5) is 45.8. The maximum atomic E-state index is 12.4. The van der Waals surface area contributed by atoms with Crippen molar-refractivity contribution in [2.45, 2.75) is 361 Å². The maximum Gasteiger partial charge on any atom is 2.00 e. The van der Waals surface area contributed by atoms with Crippen molar-refractivity contribution in [1.29, 1.82) is 0 Å². The van der Waals surface area contributed by atoms with Gasteiger partial charge in [0.25, 0.3) is 0 Å². The molecule has 8 nitrogen and oxygen atoms in total. The van der Waals surface area contributed by atoms with Gasteiger partial charge in [-0.15, -0.1) is 0 Å². The van der Waals surface area contributed by atoms with Gasteiger partial charge in [-0.2, -0.15) is 0 Å². The van der Waals surface area contributed by atoms with Gasteiger partial charge < -0.3 is 29.3 Å². The number of unbranched alkanes of at least 4 members (excludes halogenated alkanes) is 36. The molecule has 404 valence electrons. The van der Waals surface area contributed by atoms with Crippen molar-refractivity contribution in [2.24, 2.45) is 0 Å². The van der Waals surface area contributed by atoms with Gasteiger partial charge in [0.15, 0.2) is 0 Å². The molecule has 2 unspecified atom stereocenters. The summed E-state index contributed by atoms with van der Waals surface area (Å²) in [5.41, 5.74) is 0. The second-order valence-electron chi connectivity index (χ2n) is 20.6. The molecule has 0 saturated heterocycles. The first-order valence-corrected chi connectivity index (χ1v) is 30.0. The molecule has 0 aliphatic rings. The Morgan fingerprint density at radius 3 is 0.652 bits per heavy atom. The molecule has 9 heteroatoms. The van der Waals surface area contributed by atoms with E-state index in [0.29, 0.717) is 12.8 Å². The third-order valence-corrected chi connectivity index (χ3v) is 13.6. The smallest absolute Gasteiger partial charge is 0.550 e. The number of carbonyl (C=O) groups excluding carboxylic acids is 4. The fraction of sp³-hybridized carbons (Fsp3) is 0.933. The summed E-state index contributed by atoms with van der Waals surface area (Å²) in [5.74, 6) is -1.88. The van der Waals surface area contributed by atoms with Crippen molar-refractivity contribution in [1.82, 2.24) is 0 Å². The van der Waals surface area contributed by atoms with E-state index in [1.54, 1.807) is 0 Å². The van der Waals surface area contributed by atoms with E-state index in [9.17, 15) is 29.4 Å². The number of carboxylic acid groups (broad SMARTS) is 2. The van der Waals surface area contributed by atoms with Crippen LogP contribution in [-0.4, -0.2) is 73.8 Å². The largest absolute Gasteiger partial charge is 2.00 e. The standard InChI is InChI=1S/2C30H58O4.Ca/c2*1-3-5-7-9-11-12-13-19-23-27-30(33)34-28(24-20-16-10-8-6-4-2)25-21-17-14-15-18-22-26-29(31)32;/h2*28H,3-27H2,1-2H3,(H,31,32);/q;;+2/p-2. The minimum atomic E-state index is -0.943. The summed E-state index contributed by atoms with van der Waals surface area (Å²) in [5, 5.41) is 20.9. The average Bonchev–Trinajstić information content (AvgIpc) is 3.31. The predicted molar refractivity (Wildman–Crippen MR) is 289 cm³/mol. The molecule has 0 heterocycles. The number of aliphatic carboxylic acids is 2. The van der Waals surface area contributed by atoms with Crippen LogP contribution in [0.15, 0.2) is 0 Å². The fourth-order valence-electron chi connectivity index (χ4n) is 9.18. The van der Waals surface area contributed by atoms with Crippen molar-refractivity contribution < 1.29 is 38.9 Å². The van der Waals surface area contributed by atoms with Gasteiger partial charge >= 0.3 is 49.7 Å². The summed E-state index contributed by atoms with van der Waals surface area (Å²) >= 11 is 0. The zero-order valence-electron chi connectivity index (χ0n) is 46.5. The third kappa shape index (κ3) is 63.2. The summed E-state index contributed by atoms with van der Waals surface area (Å²) in [6.45, 7) is 8.99. The molecule has 0 rings (SSSR count). The molecule has 0 aromatic carbocycles. The molecule has 0 N–H and O–H groups in total. The quantitative estimate of drug-likeness (QED) is 0.0334. The number of hydrogen-bond donors (Lipinski definition) is 0. The zero-order chi connectivity index (χ0) is 50.2. The first-order chi connectivity index (χ1) is 33.2. The van der Waals surface area contributed by atoms with Crippen LogP contribution in [0, 0.1) is 0 Å². The van der Waals surface area contributed by atoms with Crippen molar-refractivity contribution in [3.05, 3.63) is 0 Å². The Balaban J connectivity index is -0.00000124. The van der Waals surface area contributed by atoms with Crippen molar-refractivity contribution in [2.75, 3.05) is 0 Å². The number of carbonyl (C=O) groups is 4. The van der Waals surface area contributed by atoms with Crippen molar-refractivity contribution in [3.63, 3.8) is 0 Å². The van der Waals surface area contributed by atoms with Gasteiger partial charge in [-0.25, -0.2) is 0 Å². The molecular formula is C60H114CaO8. The van der Waals surface area contributed by atoms with Crippen LogP contribution in [0.25, 0.3) is 0 Å². The van der Waals surface area contributed by atoms with Crippen LogP contribution in [-0.2, 0) is 28.7 Å². The third-order valence-electron chi connectivity index (χ3n) is 13.6. The molecule has 69 heavy (non-hydrogen) atoms. The normalized spacial score (nSPS) is 11.9. The van der Waals surface area contributed by atoms with Gasteiger partial charge in [-0.1, -0.05) is 246 Å². The minimum absolute atomic E-state index is 0. The van der Waals surface area contributed by atoms with Gasteiger partial charge in [-0.05, 0) is 89.9 Å². The van der Waals surface area contributed by atoms with Crippen LogP contribution >= 0.6 is 0 Å². The molecule has 0 aromatic heterocycles. The Bertz CT molecular complexity index is 988. The SMILES string of the molecule is CCCCCCCCCCCC(=O)OC(CCCCCCCC)CCCCCCCCC(=O)[O-].CCCCCCCCCCCC(=O)OC(CCCCCCCC)CCCCCCCCC(=O)[O-].[Ca+2]. The molecule has 0 fully saturated rings. The fourth-order valence-corrected chi connectivity index (χ4v) is 9.18. The van der Waals surface area contributed by atoms with E-state index in [-0.39, 0.29) is 74.7 Å². The van der Waals surface area contributed by atoms with Crippen molar-refractivity contribution in [3.8, 4) is 0 Å². The van der Waals surface area contributed by atoms with E-state index in [0.717, 1.165) is 141 Å². The maximum absolute atomic E-state index is 12.4. The number of hydrogen-bond acceptors (Lipinski definition) is 8. The van der Waals surface area contributed by atoms with E-state index in [4.69, 9.17) is 9.47 Å². The van der Waals surface area contributed by atoms with Crippen LogP contribution < -0.4 is 10.2 Å². The van der Waals surface area contributed by atoms with E-state index in [2.05, 4.69) is 27.7 Å². The molecule has 0 aliphatic heterocycles. The zero-order valence-corrected chi connectivity index (χ0v) is 48.7. The molecule has 0 saturated carbocycles. The van der Waals surface area contributed by atoms with Crippen LogP contribution in [0.1, 0.15) is 349 Å². The molecule has 0 amide bonds.